The SMILES string of the molecule is CC(C)NC(=O)N1CCC[C@H]1C(=O)Nc1cccc(CSCC(=O)O)c1. The Bertz CT molecular complexity index is 666. The van der Waals surface area contributed by atoms with E-state index in [2.05, 4.69) is 10.6 Å². The number of hydrogen-bond acceptors (Lipinski definition) is 4. The maximum absolute atomic E-state index is 12.6. The normalized spacial score (nSPS) is 16.6. The van der Waals surface area contributed by atoms with Crippen LogP contribution in [-0.2, 0) is 15.3 Å². The molecule has 0 unspecified atom stereocenters. The van der Waals surface area contributed by atoms with Crippen LogP contribution in [0.3, 0.4) is 0 Å². The first-order chi connectivity index (χ1) is 12.4. The van der Waals surface area contributed by atoms with E-state index in [-0.39, 0.29) is 23.7 Å². The number of anilines is 1. The molecule has 2 rings (SSSR count). The van der Waals surface area contributed by atoms with Crippen LogP contribution < -0.4 is 10.6 Å². The van der Waals surface area contributed by atoms with Crippen LogP contribution in [0.15, 0.2) is 24.3 Å². The predicted molar refractivity (Wildman–Crippen MR) is 102 cm³/mol. The van der Waals surface area contributed by atoms with Crippen LogP contribution in [0.25, 0.3) is 0 Å². The van der Waals surface area contributed by atoms with Crippen LogP contribution >= 0.6 is 11.8 Å². The number of nitrogens with one attached hydrogen (secondary N) is 2. The number of urea groups is 1. The molecular weight excluding hydrogens is 354 g/mol. The number of benzene rings is 1. The molecule has 1 aromatic carbocycles. The fourth-order valence-corrected chi connectivity index (χ4v) is 3.52. The summed E-state index contributed by atoms with van der Waals surface area (Å²) in [4.78, 5) is 37.0. The van der Waals surface area contributed by atoms with Gasteiger partial charge in [0.2, 0.25) is 5.91 Å². The van der Waals surface area contributed by atoms with Gasteiger partial charge in [-0.15, -0.1) is 11.8 Å². The molecule has 3 amide bonds. The van der Waals surface area contributed by atoms with E-state index in [0.29, 0.717) is 24.4 Å². The van der Waals surface area contributed by atoms with Gasteiger partial charge < -0.3 is 20.6 Å². The molecule has 1 heterocycles. The van der Waals surface area contributed by atoms with Crippen molar-refractivity contribution in [3.05, 3.63) is 29.8 Å². The van der Waals surface area contributed by atoms with Crippen LogP contribution in [0.2, 0.25) is 0 Å². The number of hydrogen-bond donors (Lipinski definition) is 3. The molecule has 0 radical (unpaired) electrons. The van der Waals surface area contributed by atoms with Gasteiger partial charge in [-0.1, -0.05) is 12.1 Å². The Balaban J connectivity index is 1.96. The fraction of sp³-hybridized carbons (Fsp3) is 0.500. The number of rotatable bonds is 7. The Morgan fingerprint density at radius 1 is 1.35 bits per heavy atom. The Morgan fingerprint density at radius 2 is 2.12 bits per heavy atom. The van der Waals surface area contributed by atoms with E-state index >= 15 is 0 Å². The summed E-state index contributed by atoms with van der Waals surface area (Å²) in [5.74, 6) is -0.446. The molecule has 26 heavy (non-hydrogen) atoms. The zero-order valence-electron chi connectivity index (χ0n) is 15.0. The average molecular weight is 379 g/mol. The number of carbonyl (C=O) groups excluding carboxylic acids is 2. The number of likely N-dealkylation sites (tertiary alicyclic amines) is 1. The highest BCUT2D eigenvalue weighted by Gasteiger charge is 2.34. The van der Waals surface area contributed by atoms with Crippen LogP contribution in [0.1, 0.15) is 32.3 Å². The Kier molecular flexibility index (Phi) is 7.32. The minimum atomic E-state index is -0.847. The molecule has 0 aliphatic carbocycles. The van der Waals surface area contributed by atoms with E-state index in [4.69, 9.17) is 5.11 Å². The molecule has 0 saturated carbocycles. The molecule has 8 heteroatoms. The van der Waals surface area contributed by atoms with Gasteiger partial charge >= 0.3 is 12.0 Å². The largest absolute Gasteiger partial charge is 0.481 e. The highest BCUT2D eigenvalue weighted by Crippen LogP contribution is 2.21. The van der Waals surface area contributed by atoms with Crippen molar-refractivity contribution in [1.82, 2.24) is 10.2 Å². The first kappa shape index (κ1) is 20.1. The Hall–Kier alpha value is -2.22. The van der Waals surface area contributed by atoms with E-state index in [1.165, 1.54) is 11.8 Å². The van der Waals surface area contributed by atoms with Gasteiger partial charge in [0, 0.05) is 24.0 Å². The van der Waals surface area contributed by atoms with Crippen LogP contribution in [0.4, 0.5) is 10.5 Å². The maximum Gasteiger partial charge on any atom is 0.318 e. The first-order valence-electron chi connectivity index (χ1n) is 8.63. The molecule has 1 aliphatic rings. The summed E-state index contributed by atoms with van der Waals surface area (Å²) in [6, 6.07) is 6.67. The lowest BCUT2D eigenvalue weighted by Gasteiger charge is -2.25. The van der Waals surface area contributed by atoms with E-state index in [1.54, 1.807) is 11.0 Å². The third kappa shape index (κ3) is 5.94. The number of carboxylic acids is 1. The standard InChI is InChI=1S/C18H25N3O4S/c1-12(2)19-18(25)21-8-4-7-15(21)17(24)20-14-6-3-5-13(9-14)10-26-11-16(22)23/h3,5-6,9,12,15H,4,7-8,10-11H2,1-2H3,(H,19,25)(H,20,24)(H,22,23)/t15-/m0/s1. The van der Waals surface area contributed by atoms with E-state index in [1.807, 2.05) is 32.0 Å². The van der Waals surface area contributed by atoms with Gasteiger partial charge in [0.15, 0.2) is 0 Å². The van der Waals surface area contributed by atoms with Gasteiger partial charge in [-0.25, -0.2) is 4.79 Å². The smallest absolute Gasteiger partial charge is 0.318 e. The number of nitrogens with zero attached hydrogens (tertiary/aromatic N) is 1. The molecular formula is C18H25N3O4S. The summed E-state index contributed by atoms with van der Waals surface area (Å²) in [6.07, 6.45) is 1.45. The molecule has 1 saturated heterocycles. The lowest BCUT2D eigenvalue weighted by Crippen LogP contribution is -2.49. The van der Waals surface area contributed by atoms with Crippen molar-refractivity contribution in [2.45, 2.75) is 44.5 Å². The van der Waals surface area contributed by atoms with Crippen LogP contribution in [0.5, 0.6) is 0 Å². The van der Waals surface area contributed by atoms with Crippen molar-refractivity contribution in [3.63, 3.8) is 0 Å². The minimum Gasteiger partial charge on any atom is -0.481 e. The van der Waals surface area contributed by atoms with Gasteiger partial charge in [0.25, 0.3) is 0 Å². The number of amides is 3. The van der Waals surface area contributed by atoms with Gasteiger partial charge in [0.05, 0.1) is 5.75 Å². The number of aliphatic carboxylic acids is 1. The molecule has 0 spiro atoms. The fourth-order valence-electron chi connectivity index (χ4n) is 2.83. The molecule has 1 fully saturated rings. The molecule has 1 aliphatic heterocycles. The van der Waals surface area contributed by atoms with Crippen LogP contribution in [-0.4, -0.2) is 52.3 Å². The molecule has 1 atom stereocenters. The second-order valence-electron chi connectivity index (χ2n) is 6.53. The second-order valence-corrected chi connectivity index (χ2v) is 7.52. The second kappa shape index (κ2) is 9.47. The van der Waals surface area contributed by atoms with E-state index < -0.39 is 12.0 Å². The number of carbonyl (C=O) groups is 3. The van der Waals surface area contributed by atoms with Crippen LogP contribution in [0, 0.1) is 0 Å². The Labute approximate surface area is 157 Å². The third-order valence-electron chi connectivity index (χ3n) is 3.92. The van der Waals surface area contributed by atoms with Crippen molar-refractivity contribution < 1.29 is 19.5 Å². The summed E-state index contributed by atoms with van der Waals surface area (Å²) in [6.45, 7) is 4.34. The molecule has 7 nitrogen and oxygen atoms in total. The molecule has 0 bridgehead atoms. The van der Waals surface area contributed by atoms with E-state index in [0.717, 1.165) is 12.0 Å². The van der Waals surface area contributed by atoms with Crippen molar-refractivity contribution in [3.8, 4) is 0 Å². The lowest BCUT2D eigenvalue weighted by atomic mass is 10.2. The summed E-state index contributed by atoms with van der Waals surface area (Å²) in [5, 5.41) is 14.4. The lowest BCUT2D eigenvalue weighted by molar-refractivity contribution is -0.133. The average Bonchev–Trinajstić information content (AvgIpc) is 3.04. The summed E-state index contributed by atoms with van der Waals surface area (Å²) >= 11 is 1.30. The predicted octanol–water partition coefficient (Wildman–Crippen LogP) is 2.53. The van der Waals surface area contributed by atoms with Gasteiger partial charge in [-0.05, 0) is 44.4 Å². The summed E-state index contributed by atoms with van der Waals surface area (Å²) in [7, 11) is 0. The summed E-state index contributed by atoms with van der Waals surface area (Å²) in [5.41, 5.74) is 1.59. The zero-order chi connectivity index (χ0) is 19.1. The summed E-state index contributed by atoms with van der Waals surface area (Å²) < 4.78 is 0. The third-order valence-corrected chi connectivity index (χ3v) is 4.91. The number of thioether (sulfide) groups is 1. The van der Waals surface area contributed by atoms with Gasteiger partial charge in [-0.2, -0.15) is 0 Å². The minimum absolute atomic E-state index is 0.0202. The quantitative estimate of drug-likeness (QED) is 0.676. The maximum atomic E-state index is 12.6. The number of carboxylic acid groups (broad SMARTS) is 1. The van der Waals surface area contributed by atoms with Crippen molar-refractivity contribution >= 4 is 35.4 Å². The van der Waals surface area contributed by atoms with E-state index in [9.17, 15) is 14.4 Å². The topological polar surface area (TPSA) is 98.7 Å². The van der Waals surface area contributed by atoms with Crippen molar-refractivity contribution in [2.75, 3.05) is 17.6 Å². The van der Waals surface area contributed by atoms with Crippen molar-refractivity contribution in [1.29, 1.82) is 0 Å². The van der Waals surface area contributed by atoms with Gasteiger partial charge in [-0.3, -0.25) is 9.59 Å². The Morgan fingerprint density at radius 3 is 2.81 bits per heavy atom. The molecule has 142 valence electrons. The zero-order valence-corrected chi connectivity index (χ0v) is 15.8. The highest BCUT2D eigenvalue weighted by atomic mass is 32.2. The molecule has 1 aromatic rings. The first-order valence-corrected chi connectivity index (χ1v) is 9.78. The molecule has 3 N–H and O–H groups in total. The van der Waals surface area contributed by atoms with Gasteiger partial charge in [0.1, 0.15) is 6.04 Å². The highest BCUT2D eigenvalue weighted by molar-refractivity contribution is 7.99. The molecule has 0 aromatic heterocycles. The van der Waals surface area contributed by atoms with Crippen molar-refractivity contribution in [2.24, 2.45) is 0 Å². The monoisotopic (exact) mass is 379 g/mol.